The number of fused-ring (bicyclic) bond motifs is 1. The first-order valence-corrected chi connectivity index (χ1v) is 6.30. The Morgan fingerprint density at radius 2 is 1.82 bits per heavy atom. The summed E-state index contributed by atoms with van der Waals surface area (Å²) in [6, 6.07) is 8.38. The van der Waals surface area contributed by atoms with E-state index in [4.69, 9.17) is 11.6 Å². The third kappa shape index (κ3) is 2.07. The fraction of sp³-hybridized carbons (Fsp3) is 0.385. The van der Waals surface area contributed by atoms with Crippen molar-refractivity contribution in [3.8, 4) is 0 Å². The van der Waals surface area contributed by atoms with Crippen LogP contribution in [0.15, 0.2) is 24.3 Å². The summed E-state index contributed by atoms with van der Waals surface area (Å²) < 4.78 is 0. The van der Waals surface area contributed by atoms with E-state index in [-0.39, 0.29) is 0 Å². The molecule has 17 heavy (non-hydrogen) atoms. The van der Waals surface area contributed by atoms with Crippen molar-refractivity contribution < 1.29 is 0 Å². The summed E-state index contributed by atoms with van der Waals surface area (Å²) in [5, 5.41) is 3.73. The average molecular weight is 248 g/mol. The highest BCUT2D eigenvalue weighted by molar-refractivity contribution is 6.21. The lowest BCUT2D eigenvalue weighted by Gasteiger charge is -2.32. The molecular weight excluding hydrogens is 234 g/mol. The van der Waals surface area contributed by atoms with E-state index in [0.717, 1.165) is 35.4 Å². The third-order valence-electron chi connectivity index (χ3n) is 3.17. The van der Waals surface area contributed by atoms with Gasteiger partial charge in [0.15, 0.2) is 0 Å². The van der Waals surface area contributed by atoms with Gasteiger partial charge in [-0.15, -0.1) is 11.6 Å². The summed E-state index contributed by atoms with van der Waals surface area (Å²) in [4.78, 5) is 9.15. The fourth-order valence-corrected chi connectivity index (χ4v) is 2.51. The zero-order valence-electron chi connectivity index (χ0n) is 9.65. The van der Waals surface area contributed by atoms with E-state index in [0.29, 0.717) is 11.4 Å². The maximum Gasteiger partial charge on any atom is 0.148 e. The van der Waals surface area contributed by atoms with E-state index < -0.39 is 0 Å². The number of hydrogen-bond acceptors (Lipinski definition) is 3. The molecule has 0 unspecified atom stereocenters. The molecule has 0 atom stereocenters. The number of rotatable bonds is 2. The van der Waals surface area contributed by atoms with Crippen LogP contribution in [0.2, 0.25) is 0 Å². The number of alkyl halides is 1. The molecule has 1 aliphatic rings. The average Bonchev–Trinajstić information content (AvgIpc) is 2.28. The molecule has 1 saturated carbocycles. The van der Waals surface area contributed by atoms with Crippen molar-refractivity contribution >= 4 is 28.5 Å². The first kappa shape index (κ1) is 10.8. The fourth-order valence-electron chi connectivity index (χ4n) is 2.08. The number of hydrogen-bond donors (Lipinski definition) is 1. The number of benzene rings is 1. The Hall–Kier alpha value is -1.35. The topological polar surface area (TPSA) is 37.8 Å². The highest BCUT2D eigenvalue weighted by Crippen LogP contribution is 2.29. The first-order chi connectivity index (χ1) is 8.22. The highest BCUT2D eigenvalue weighted by Gasteiger charge is 2.27. The number of nitrogens with one attached hydrogen (secondary N) is 1. The number of aromatic nitrogens is 2. The maximum atomic E-state index is 5.97. The Bertz CT molecular complexity index is 549. The van der Waals surface area contributed by atoms with E-state index in [1.165, 1.54) is 0 Å². The minimum absolute atomic E-state index is 0.321. The number of nitrogens with zero attached hydrogens (tertiary/aromatic N) is 2. The lowest BCUT2D eigenvalue weighted by molar-refractivity contribution is 0.453. The van der Waals surface area contributed by atoms with Crippen LogP contribution in [0, 0.1) is 6.92 Å². The molecule has 1 N–H and O–H groups in total. The van der Waals surface area contributed by atoms with Gasteiger partial charge in [0.25, 0.3) is 0 Å². The molecule has 0 amide bonds. The monoisotopic (exact) mass is 247 g/mol. The quantitative estimate of drug-likeness (QED) is 0.829. The van der Waals surface area contributed by atoms with Crippen molar-refractivity contribution in [2.24, 2.45) is 0 Å². The summed E-state index contributed by atoms with van der Waals surface area (Å²) in [5.41, 5.74) is 2.82. The molecule has 4 heteroatoms. The third-order valence-corrected chi connectivity index (χ3v) is 3.52. The second-order valence-electron chi connectivity index (χ2n) is 4.56. The number of para-hydroxylation sites is 2. The largest absolute Gasteiger partial charge is 0.366 e. The summed E-state index contributed by atoms with van der Waals surface area (Å²) in [5.74, 6) is 0.886. The second-order valence-corrected chi connectivity index (χ2v) is 5.17. The minimum atomic E-state index is 0.321. The molecular formula is C13H14ClN3. The van der Waals surface area contributed by atoms with Gasteiger partial charge in [-0.05, 0) is 31.9 Å². The van der Waals surface area contributed by atoms with Crippen LogP contribution in [0.5, 0.6) is 0 Å². The second kappa shape index (κ2) is 4.15. The normalized spacial score (nSPS) is 23.4. The van der Waals surface area contributed by atoms with E-state index >= 15 is 0 Å². The van der Waals surface area contributed by atoms with Gasteiger partial charge in [0.05, 0.1) is 16.7 Å². The number of aryl methyl sites for hydroxylation is 1. The van der Waals surface area contributed by atoms with Crippen molar-refractivity contribution in [3.63, 3.8) is 0 Å². The zero-order valence-corrected chi connectivity index (χ0v) is 10.4. The van der Waals surface area contributed by atoms with Gasteiger partial charge in [0.2, 0.25) is 0 Å². The molecule has 1 fully saturated rings. The van der Waals surface area contributed by atoms with E-state index in [2.05, 4.69) is 15.3 Å². The van der Waals surface area contributed by atoms with Gasteiger partial charge in [-0.1, -0.05) is 12.1 Å². The van der Waals surface area contributed by atoms with Gasteiger partial charge in [-0.2, -0.15) is 0 Å². The van der Waals surface area contributed by atoms with Gasteiger partial charge in [0, 0.05) is 11.4 Å². The van der Waals surface area contributed by atoms with Crippen LogP contribution in [0.1, 0.15) is 18.5 Å². The predicted octanol–water partition coefficient (Wildman–Crippen LogP) is 3.12. The van der Waals surface area contributed by atoms with Crippen LogP contribution >= 0.6 is 11.6 Å². The van der Waals surface area contributed by atoms with E-state index in [1.54, 1.807) is 0 Å². The van der Waals surface area contributed by atoms with Gasteiger partial charge in [-0.3, -0.25) is 0 Å². The van der Waals surface area contributed by atoms with Crippen molar-refractivity contribution in [2.75, 3.05) is 5.32 Å². The molecule has 1 heterocycles. The summed E-state index contributed by atoms with van der Waals surface area (Å²) in [6.07, 6.45) is 2.02. The molecule has 0 bridgehead atoms. The van der Waals surface area contributed by atoms with Crippen LogP contribution in [0.4, 0.5) is 5.82 Å². The predicted molar refractivity (Wildman–Crippen MR) is 70.6 cm³/mol. The molecule has 88 valence electrons. The van der Waals surface area contributed by atoms with Crippen molar-refractivity contribution in [1.82, 2.24) is 9.97 Å². The standard InChI is InChI=1S/C13H14ClN3/c1-8-13(16-10-6-9(14)7-10)17-12-5-3-2-4-11(12)15-8/h2-5,9-10H,6-7H2,1H3,(H,16,17). The van der Waals surface area contributed by atoms with Gasteiger partial charge < -0.3 is 5.32 Å². The molecule has 1 aromatic carbocycles. The number of anilines is 1. The lowest BCUT2D eigenvalue weighted by Crippen LogP contribution is -2.36. The SMILES string of the molecule is Cc1nc2ccccc2nc1NC1CC(Cl)C1. The Kier molecular flexibility index (Phi) is 2.63. The smallest absolute Gasteiger partial charge is 0.148 e. The van der Waals surface area contributed by atoms with Crippen LogP contribution in [-0.2, 0) is 0 Å². The summed E-state index contributed by atoms with van der Waals surface area (Å²) in [6.45, 7) is 1.98. The van der Waals surface area contributed by atoms with Gasteiger partial charge >= 0.3 is 0 Å². The summed E-state index contributed by atoms with van der Waals surface area (Å²) >= 11 is 5.97. The van der Waals surface area contributed by atoms with Crippen molar-refractivity contribution in [3.05, 3.63) is 30.0 Å². The highest BCUT2D eigenvalue weighted by atomic mass is 35.5. The van der Waals surface area contributed by atoms with Crippen molar-refractivity contribution in [2.45, 2.75) is 31.2 Å². The molecule has 1 aromatic heterocycles. The Morgan fingerprint density at radius 1 is 1.18 bits per heavy atom. The molecule has 0 radical (unpaired) electrons. The minimum Gasteiger partial charge on any atom is -0.366 e. The first-order valence-electron chi connectivity index (χ1n) is 5.86. The van der Waals surface area contributed by atoms with Crippen molar-refractivity contribution in [1.29, 1.82) is 0 Å². The van der Waals surface area contributed by atoms with E-state index in [9.17, 15) is 0 Å². The zero-order chi connectivity index (χ0) is 11.8. The van der Waals surface area contributed by atoms with Crippen LogP contribution in [0.25, 0.3) is 11.0 Å². The molecule has 2 aromatic rings. The van der Waals surface area contributed by atoms with Crippen LogP contribution in [-0.4, -0.2) is 21.4 Å². The molecule has 0 spiro atoms. The lowest BCUT2D eigenvalue weighted by atomic mass is 9.92. The van der Waals surface area contributed by atoms with Gasteiger partial charge in [0.1, 0.15) is 5.82 Å². The van der Waals surface area contributed by atoms with E-state index in [1.807, 2.05) is 31.2 Å². The molecule has 0 saturated heterocycles. The Morgan fingerprint density at radius 3 is 2.47 bits per heavy atom. The molecule has 3 nitrogen and oxygen atoms in total. The Labute approximate surface area is 105 Å². The van der Waals surface area contributed by atoms with Crippen LogP contribution < -0.4 is 5.32 Å². The Balaban J connectivity index is 1.90. The maximum absolute atomic E-state index is 5.97. The molecule has 1 aliphatic carbocycles. The molecule has 0 aliphatic heterocycles. The summed E-state index contributed by atoms with van der Waals surface area (Å²) in [7, 11) is 0. The van der Waals surface area contributed by atoms with Crippen LogP contribution in [0.3, 0.4) is 0 Å². The number of halogens is 1. The van der Waals surface area contributed by atoms with Gasteiger partial charge in [-0.25, -0.2) is 9.97 Å². The molecule has 3 rings (SSSR count).